The lowest BCUT2D eigenvalue weighted by molar-refractivity contribution is 0.146. The summed E-state index contributed by atoms with van der Waals surface area (Å²) in [6.45, 7) is 0. The Morgan fingerprint density at radius 3 is 2.67 bits per heavy atom. The fourth-order valence-corrected chi connectivity index (χ4v) is 0.696. The summed E-state index contributed by atoms with van der Waals surface area (Å²) in [5, 5.41) is 8.39. The van der Waals surface area contributed by atoms with E-state index in [1.807, 2.05) is 0 Å². The summed E-state index contributed by atoms with van der Waals surface area (Å²) in [6, 6.07) is 3.96. The number of rotatable bonds is 1. The fraction of sp³-hybridized carbons (Fsp3) is 0.143. The molecule has 0 fully saturated rings. The van der Waals surface area contributed by atoms with Crippen LogP contribution in [0.1, 0.15) is 17.8 Å². The van der Waals surface area contributed by atoms with Crippen molar-refractivity contribution in [1.29, 1.82) is 5.26 Å². The highest BCUT2D eigenvalue weighted by Gasteiger charge is 2.10. The number of hydrogen-bond acceptors (Lipinski definition) is 3. The van der Waals surface area contributed by atoms with Gasteiger partial charge >= 0.3 is 0 Å². The minimum absolute atomic E-state index is 0.113. The Morgan fingerprint density at radius 2 is 2.17 bits per heavy atom. The second-order valence-corrected chi connectivity index (χ2v) is 2.09. The Hall–Kier alpha value is -1.70. The Bertz CT molecular complexity index is 330. The first-order chi connectivity index (χ1) is 5.65. The van der Waals surface area contributed by atoms with Crippen molar-refractivity contribution in [2.24, 2.45) is 0 Å². The van der Waals surface area contributed by atoms with Crippen LogP contribution in [-0.2, 0) is 0 Å². The summed E-state index contributed by atoms with van der Waals surface area (Å²) < 4.78 is 24.0. The summed E-state index contributed by atoms with van der Waals surface area (Å²) in [4.78, 5) is 3.35. The predicted octanol–water partition coefficient (Wildman–Crippen LogP) is 1.47. The van der Waals surface area contributed by atoms with Crippen molar-refractivity contribution in [3.63, 3.8) is 0 Å². The second kappa shape index (κ2) is 3.13. The lowest BCUT2D eigenvalue weighted by Gasteiger charge is -2.00. The van der Waals surface area contributed by atoms with Gasteiger partial charge in [-0.25, -0.2) is 13.8 Å². The molecule has 1 aromatic rings. The van der Waals surface area contributed by atoms with E-state index in [9.17, 15) is 8.78 Å². The van der Waals surface area contributed by atoms with Gasteiger partial charge in [0.15, 0.2) is 5.69 Å². The van der Waals surface area contributed by atoms with Gasteiger partial charge in [-0.05, 0) is 12.1 Å². The van der Waals surface area contributed by atoms with Gasteiger partial charge in [-0.2, -0.15) is 5.26 Å². The highest BCUT2D eigenvalue weighted by Crippen LogP contribution is 2.18. The zero-order valence-corrected chi connectivity index (χ0v) is 5.96. The first-order valence-corrected chi connectivity index (χ1v) is 3.10. The summed E-state index contributed by atoms with van der Waals surface area (Å²) in [7, 11) is 0. The lowest BCUT2D eigenvalue weighted by Crippen LogP contribution is -1.97. The topological polar surface area (TPSA) is 62.7 Å². The van der Waals surface area contributed by atoms with Crippen molar-refractivity contribution in [1.82, 2.24) is 4.98 Å². The molecule has 3 nitrogen and oxygen atoms in total. The molecule has 1 aromatic heterocycles. The van der Waals surface area contributed by atoms with Crippen LogP contribution >= 0.6 is 0 Å². The molecule has 0 aliphatic carbocycles. The molecule has 12 heavy (non-hydrogen) atoms. The van der Waals surface area contributed by atoms with Gasteiger partial charge in [0.05, 0.1) is 5.69 Å². The van der Waals surface area contributed by atoms with Crippen molar-refractivity contribution in [2.45, 2.75) is 6.43 Å². The maximum absolute atomic E-state index is 12.0. The maximum Gasteiger partial charge on any atom is 0.280 e. The molecule has 0 aliphatic heterocycles. The molecule has 0 radical (unpaired) electrons. The van der Waals surface area contributed by atoms with E-state index < -0.39 is 12.1 Å². The van der Waals surface area contributed by atoms with Crippen molar-refractivity contribution < 1.29 is 8.78 Å². The van der Waals surface area contributed by atoms with E-state index in [4.69, 9.17) is 11.0 Å². The average Bonchev–Trinajstić information content (AvgIpc) is 2.05. The van der Waals surface area contributed by atoms with Crippen LogP contribution in [0.2, 0.25) is 0 Å². The van der Waals surface area contributed by atoms with E-state index in [2.05, 4.69) is 4.98 Å². The number of nitrogens with zero attached hydrogens (tertiary/aromatic N) is 2. The monoisotopic (exact) mass is 169 g/mol. The van der Waals surface area contributed by atoms with Crippen LogP contribution in [0.5, 0.6) is 0 Å². The van der Waals surface area contributed by atoms with Gasteiger partial charge in [-0.1, -0.05) is 0 Å². The van der Waals surface area contributed by atoms with Gasteiger partial charge in [0.25, 0.3) is 6.43 Å². The van der Waals surface area contributed by atoms with Crippen LogP contribution in [0, 0.1) is 11.3 Å². The molecule has 0 atom stereocenters. The number of pyridine rings is 1. The van der Waals surface area contributed by atoms with Crippen LogP contribution in [-0.4, -0.2) is 4.98 Å². The van der Waals surface area contributed by atoms with Gasteiger partial charge in [0.1, 0.15) is 11.8 Å². The van der Waals surface area contributed by atoms with Crippen LogP contribution in [0.3, 0.4) is 0 Å². The van der Waals surface area contributed by atoms with E-state index in [0.29, 0.717) is 0 Å². The van der Waals surface area contributed by atoms with Gasteiger partial charge in [0, 0.05) is 0 Å². The average molecular weight is 169 g/mol. The summed E-state index contributed by atoms with van der Waals surface area (Å²) in [5.74, 6) is 0. The van der Waals surface area contributed by atoms with Crippen LogP contribution < -0.4 is 5.73 Å². The number of anilines is 1. The number of halogens is 2. The van der Waals surface area contributed by atoms with E-state index in [1.165, 1.54) is 6.07 Å². The Morgan fingerprint density at radius 1 is 1.50 bits per heavy atom. The number of alkyl halides is 2. The lowest BCUT2D eigenvalue weighted by atomic mass is 10.3. The van der Waals surface area contributed by atoms with Crippen molar-refractivity contribution in [3.8, 4) is 6.07 Å². The van der Waals surface area contributed by atoms with Crippen LogP contribution in [0.15, 0.2) is 12.1 Å². The molecule has 62 valence electrons. The third kappa shape index (κ3) is 1.48. The smallest absolute Gasteiger partial charge is 0.280 e. The molecule has 2 N–H and O–H groups in total. The highest BCUT2D eigenvalue weighted by atomic mass is 19.3. The number of nitriles is 1. The second-order valence-electron chi connectivity index (χ2n) is 2.09. The fourth-order valence-electron chi connectivity index (χ4n) is 0.696. The van der Waals surface area contributed by atoms with Gasteiger partial charge in [-0.3, -0.25) is 0 Å². The summed E-state index contributed by atoms with van der Waals surface area (Å²) in [6.07, 6.45) is -2.67. The molecule has 0 aliphatic rings. The number of aromatic nitrogens is 1. The zero-order valence-electron chi connectivity index (χ0n) is 5.96. The maximum atomic E-state index is 12.0. The number of nitrogen functional groups attached to an aromatic ring is 1. The molecule has 0 bridgehead atoms. The molecule has 0 spiro atoms. The minimum atomic E-state index is -2.67. The van der Waals surface area contributed by atoms with Crippen molar-refractivity contribution >= 4 is 5.69 Å². The Balaban J connectivity index is 3.16. The third-order valence-electron chi connectivity index (χ3n) is 1.28. The standard InChI is InChI=1S/C7H5F2N3/c8-7(9)5-2-1-4(11)6(3-10)12-5/h1-2,7H,11H2. The molecule has 1 rings (SSSR count). The van der Waals surface area contributed by atoms with Gasteiger partial charge in [0.2, 0.25) is 0 Å². The SMILES string of the molecule is N#Cc1nc(C(F)F)ccc1N. The molecule has 5 heteroatoms. The summed E-state index contributed by atoms with van der Waals surface area (Å²) >= 11 is 0. The zero-order chi connectivity index (χ0) is 9.14. The molecular formula is C7H5F2N3. The quantitative estimate of drug-likeness (QED) is 0.692. The number of hydrogen-bond donors (Lipinski definition) is 1. The Kier molecular flexibility index (Phi) is 2.19. The molecule has 1 heterocycles. The molecule has 0 unspecified atom stereocenters. The predicted molar refractivity (Wildman–Crippen MR) is 38.3 cm³/mol. The van der Waals surface area contributed by atoms with Crippen LogP contribution in [0.4, 0.5) is 14.5 Å². The van der Waals surface area contributed by atoms with E-state index in [0.717, 1.165) is 6.07 Å². The van der Waals surface area contributed by atoms with E-state index in [-0.39, 0.29) is 11.4 Å². The molecular weight excluding hydrogens is 164 g/mol. The molecule has 0 saturated carbocycles. The van der Waals surface area contributed by atoms with Crippen molar-refractivity contribution in [2.75, 3.05) is 5.73 Å². The van der Waals surface area contributed by atoms with Gasteiger partial charge < -0.3 is 5.73 Å². The normalized spacial score (nSPS) is 9.83. The molecule has 0 amide bonds. The first kappa shape index (κ1) is 8.40. The third-order valence-corrected chi connectivity index (χ3v) is 1.28. The largest absolute Gasteiger partial charge is 0.396 e. The van der Waals surface area contributed by atoms with E-state index >= 15 is 0 Å². The summed E-state index contributed by atoms with van der Waals surface area (Å²) in [5.41, 5.74) is 4.79. The molecule has 0 saturated heterocycles. The highest BCUT2D eigenvalue weighted by molar-refractivity contribution is 5.49. The minimum Gasteiger partial charge on any atom is -0.396 e. The van der Waals surface area contributed by atoms with Gasteiger partial charge in [-0.15, -0.1) is 0 Å². The number of nitrogens with two attached hydrogens (primary N) is 1. The van der Waals surface area contributed by atoms with Crippen LogP contribution in [0.25, 0.3) is 0 Å². The molecule has 0 aromatic carbocycles. The Labute approximate surface area is 67.4 Å². The van der Waals surface area contributed by atoms with E-state index in [1.54, 1.807) is 6.07 Å². The van der Waals surface area contributed by atoms with Crippen molar-refractivity contribution in [3.05, 3.63) is 23.5 Å². The first-order valence-electron chi connectivity index (χ1n) is 3.10.